The number of unbranched alkanes of at least 4 members (excludes halogenated alkanes) is 3. The van der Waals surface area contributed by atoms with Gasteiger partial charge in [0.15, 0.2) is 11.5 Å². The van der Waals surface area contributed by atoms with Crippen LogP contribution >= 0.6 is 0 Å². The summed E-state index contributed by atoms with van der Waals surface area (Å²) in [7, 11) is 1.42. The van der Waals surface area contributed by atoms with E-state index in [1.807, 2.05) is 0 Å². The van der Waals surface area contributed by atoms with Crippen LogP contribution in [0.5, 0.6) is 11.5 Å². The Morgan fingerprint density at radius 2 is 1.83 bits per heavy atom. The first kappa shape index (κ1) is 30.5. The minimum Gasteiger partial charge on any atom is -0.493 e. The molecule has 10 nitrogen and oxygen atoms in total. The van der Waals surface area contributed by atoms with Crippen molar-refractivity contribution in [2.24, 2.45) is 11.7 Å². The molecular formula is C26H40N4O6. The second-order valence-corrected chi connectivity index (χ2v) is 8.88. The smallest absolute Gasteiger partial charge is 0.413 e. The van der Waals surface area contributed by atoms with Gasteiger partial charge < -0.3 is 30.9 Å². The third-order valence-corrected chi connectivity index (χ3v) is 5.25. The summed E-state index contributed by atoms with van der Waals surface area (Å²) in [4.78, 5) is 35.8. The molecule has 0 fully saturated rings. The van der Waals surface area contributed by atoms with Gasteiger partial charge in [-0.2, -0.15) is 0 Å². The van der Waals surface area contributed by atoms with E-state index in [2.05, 4.69) is 36.6 Å². The molecule has 6 N–H and O–H groups in total. The number of carbonyl (C=O) groups excluding carboxylic acids is 2. The number of hydrogen-bond acceptors (Lipinski definition) is 6. The van der Waals surface area contributed by atoms with E-state index in [4.69, 9.17) is 20.6 Å². The standard InChI is InChI=1S/C26H40N4O6/c1-18(2)10-6-4-5-7-13-24(31)29-17-19-14-15-21(22(16-19)35-3)36-26(34)30-20(25(32)33)11-8-9-12-23(27)28/h6,10,14-16,18,20H,4-5,7-9,11-13,17H2,1-3H3,(H3,27,28)(H,29,31)(H,30,34)(H,32,33)/b10-6+/t20-/m0/s1. The maximum atomic E-state index is 12.3. The summed E-state index contributed by atoms with van der Waals surface area (Å²) in [6.45, 7) is 4.56. The molecule has 200 valence electrons. The van der Waals surface area contributed by atoms with Crippen molar-refractivity contribution in [3.63, 3.8) is 0 Å². The number of carboxylic acid groups (broad SMARTS) is 1. The third kappa shape index (κ3) is 13.4. The van der Waals surface area contributed by atoms with Gasteiger partial charge in [0.05, 0.1) is 12.9 Å². The summed E-state index contributed by atoms with van der Waals surface area (Å²) < 4.78 is 10.6. The molecule has 1 rings (SSSR count). The Bertz CT molecular complexity index is 900. The van der Waals surface area contributed by atoms with Crippen LogP contribution in [0.25, 0.3) is 0 Å². The highest BCUT2D eigenvalue weighted by Crippen LogP contribution is 2.28. The Labute approximate surface area is 213 Å². The van der Waals surface area contributed by atoms with Crippen molar-refractivity contribution in [2.75, 3.05) is 7.11 Å². The van der Waals surface area contributed by atoms with E-state index in [1.165, 1.54) is 13.2 Å². The monoisotopic (exact) mass is 504 g/mol. The lowest BCUT2D eigenvalue weighted by Crippen LogP contribution is -2.42. The zero-order valence-corrected chi connectivity index (χ0v) is 21.5. The van der Waals surface area contributed by atoms with Crippen LogP contribution in [0.4, 0.5) is 4.79 Å². The van der Waals surface area contributed by atoms with Gasteiger partial charge in [0.25, 0.3) is 0 Å². The summed E-state index contributed by atoms with van der Waals surface area (Å²) in [6.07, 6.45) is 8.17. The molecule has 0 aromatic heterocycles. The van der Waals surface area contributed by atoms with Crippen LogP contribution in [0.2, 0.25) is 0 Å². The van der Waals surface area contributed by atoms with Crippen LogP contribution in [0.3, 0.4) is 0 Å². The van der Waals surface area contributed by atoms with Gasteiger partial charge in [-0.3, -0.25) is 10.2 Å². The van der Waals surface area contributed by atoms with Crippen molar-refractivity contribution >= 4 is 23.8 Å². The van der Waals surface area contributed by atoms with Gasteiger partial charge >= 0.3 is 12.1 Å². The molecule has 36 heavy (non-hydrogen) atoms. The number of hydrogen-bond donors (Lipinski definition) is 5. The van der Waals surface area contributed by atoms with Gasteiger partial charge in [-0.1, -0.05) is 38.5 Å². The van der Waals surface area contributed by atoms with E-state index >= 15 is 0 Å². The summed E-state index contributed by atoms with van der Waals surface area (Å²) in [5, 5.41) is 21.8. The molecule has 2 amide bonds. The Hall–Kier alpha value is -3.56. The quantitative estimate of drug-likeness (QED) is 0.0921. The molecule has 0 aliphatic carbocycles. The Morgan fingerprint density at radius 1 is 1.11 bits per heavy atom. The second-order valence-electron chi connectivity index (χ2n) is 8.88. The van der Waals surface area contributed by atoms with Crippen LogP contribution in [0, 0.1) is 11.3 Å². The lowest BCUT2D eigenvalue weighted by molar-refractivity contribution is -0.139. The first-order valence-corrected chi connectivity index (χ1v) is 12.3. The minimum atomic E-state index is -1.18. The molecule has 10 heteroatoms. The van der Waals surface area contributed by atoms with Gasteiger partial charge in [0, 0.05) is 19.4 Å². The van der Waals surface area contributed by atoms with Gasteiger partial charge in [-0.05, 0) is 55.7 Å². The van der Waals surface area contributed by atoms with Crippen molar-refractivity contribution in [1.29, 1.82) is 5.41 Å². The van der Waals surface area contributed by atoms with Crippen LogP contribution in [-0.2, 0) is 16.1 Å². The number of amides is 2. The van der Waals surface area contributed by atoms with Crippen LogP contribution in [-0.4, -0.2) is 42.1 Å². The fourth-order valence-corrected chi connectivity index (χ4v) is 3.30. The van der Waals surface area contributed by atoms with E-state index in [0.29, 0.717) is 38.1 Å². The molecule has 0 heterocycles. The fourth-order valence-electron chi connectivity index (χ4n) is 3.30. The molecule has 1 aromatic rings. The van der Waals surface area contributed by atoms with Crippen LogP contribution < -0.4 is 25.8 Å². The maximum Gasteiger partial charge on any atom is 0.413 e. The maximum absolute atomic E-state index is 12.3. The Kier molecular flexibility index (Phi) is 14.4. The van der Waals surface area contributed by atoms with Gasteiger partial charge in [0.2, 0.25) is 5.91 Å². The third-order valence-electron chi connectivity index (χ3n) is 5.25. The highest BCUT2D eigenvalue weighted by Gasteiger charge is 2.21. The molecule has 0 radical (unpaired) electrons. The highest BCUT2D eigenvalue weighted by atomic mass is 16.6. The van der Waals surface area contributed by atoms with Crippen molar-refractivity contribution < 1.29 is 29.0 Å². The number of allylic oxidation sites excluding steroid dienone is 2. The van der Waals surface area contributed by atoms with Crippen molar-refractivity contribution in [2.45, 2.75) is 77.8 Å². The molecule has 0 saturated carbocycles. The molecule has 0 aliphatic rings. The SMILES string of the molecule is COc1cc(CNC(=O)CCCC/C=C/C(C)C)ccc1OC(=O)N[C@@H](CCCCC(=N)N)C(=O)O. The number of carbonyl (C=O) groups is 3. The lowest BCUT2D eigenvalue weighted by atomic mass is 10.1. The molecule has 0 aliphatic heterocycles. The van der Waals surface area contributed by atoms with Gasteiger partial charge in [-0.25, -0.2) is 9.59 Å². The van der Waals surface area contributed by atoms with Crippen LogP contribution in [0.1, 0.15) is 70.8 Å². The number of aliphatic carboxylic acids is 1. The normalized spacial score (nSPS) is 11.8. The molecule has 0 spiro atoms. The predicted molar refractivity (Wildman–Crippen MR) is 138 cm³/mol. The minimum absolute atomic E-state index is 0.0366. The zero-order chi connectivity index (χ0) is 26.9. The molecule has 0 saturated heterocycles. The van der Waals surface area contributed by atoms with Crippen LogP contribution in [0.15, 0.2) is 30.4 Å². The Balaban J connectivity index is 2.53. The zero-order valence-electron chi connectivity index (χ0n) is 21.5. The number of ether oxygens (including phenoxy) is 2. The fraction of sp³-hybridized carbons (Fsp3) is 0.538. The number of nitrogens with two attached hydrogens (primary N) is 1. The summed E-state index contributed by atoms with van der Waals surface area (Å²) in [5.74, 6) is -0.242. The number of amidine groups is 1. The number of rotatable bonds is 17. The number of benzene rings is 1. The second kappa shape index (κ2) is 17.0. The largest absolute Gasteiger partial charge is 0.493 e. The predicted octanol–water partition coefficient (Wildman–Crippen LogP) is 4.12. The lowest BCUT2D eigenvalue weighted by Gasteiger charge is -2.16. The van der Waals surface area contributed by atoms with Gasteiger partial charge in [-0.15, -0.1) is 0 Å². The summed E-state index contributed by atoms with van der Waals surface area (Å²) in [5.41, 5.74) is 6.06. The first-order valence-electron chi connectivity index (χ1n) is 12.3. The van der Waals surface area contributed by atoms with Gasteiger partial charge in [0.1, 0.15) is 6.04 Å². The molecule has 1 aromatic carbocycles. The topological polar surface area (TPSA) is 164 Å². The molecule has 1 atom stereocenters. The molecule has 0 unspecified atom stereocenters. The summed E-state index contributed by atoms with van der Waals surface area (Å²) >= 11 is 0. The van der Waals surface area contributed by atoms with E-state index in [9.17, 15) is 19.5 Å². The molecule has 0 bridgehead atoms. The first-order chi connectivity index (χ1) is 17.1. The highest BCUT2D eigenvalue weighted by molar-refractivity contribution is 5.81. The average molecular weight is 505 g/mol. The van der Waals surface area contributed by atoms with E-state index < -0.39 is 18.1 Å². The number of nitrogens with one attached hydrogen (secondary N) is 3. The molecular weight excluding hydrogens is 464 g/mol. The number of carboxylic acids is 1. The van der Waals surface area contributed by atoms with Crippen molar-refractivity contribution in [1.82, 2.24) is 10.6 Å². The van der Waals surface area contributed by atoms with E-state index in [-0.39, 0.29) is 29.7 Å². The summed E-state index contributed by atoms with van der Waals surface area (Å²) in [6, 6.07) is 3.74. The van der Waals surface area contributed by atoms with E-state index in [0.717, 1.165) is 24.8 Å². The van der Waals surface area contributed by atoms with Crippen molar-refractivity contribution in [3.05, 3.63) is 35.9 Å². The Morgan fingerprint density at radius 3 is 2.47 bits per heavy atom. The number of methoxy groups -OCH3 is 1. The van der Waals surface area contributed by atoms with Crippen molar-refractivity contribution in [3.8, 4) is 11.5 Å². The average Bonchev–Trinajstić information content (AvgIpc) is 2.81. The van der Waals surface area contributed by atoms with E-state index in [1.54, 1.807) is 12.1 Å².